The highest BCUT2D eigenvalue weighted by atomic mass is 35.5. The zero-order valence-electron chi connectivity index (χ0n) is 45.6. The average Bonchev–Trinajstić information content (AvgIpc) is 4.29. The molecule has 428 valence electrons. The van der Waals surface area contributed by atoms with Gasteiger partial charge in [0.25, 0.3) is 0 Å². The number of rotatable bonds is 8. The van der Waals surface area contributed by atoms with E-state index in [0.717, 1.165) is 111 Å². The Morgan fingerprint density at radius 1 is 0.550 bits per heavy atom. The molecule has 4 aliphatic rings. The monoisotopic (exact) mass is 1210 g/mol. The summed E-state index contributed by atoms with van der Waals surface area (Å²) in [5.74, 6) is 0.439. The van der Waals surface area contributed by atoms with E-state index in [1.54, 1.807) is 13.8 Å². The third kappa shape index (κ3) is 13.8. The van der Waals surface area contributed by atoms with Crippen molar-refractivity contribution < 1.29 is 26.4 Å². The van der Waals surface area contributed by atoms with E-state index in [1.807, 2.05) is 99.3 Å². The maximum absolute atomic E-state index is 11.7. The number of nitrogens with zero attached hydrogens (tertiary/aromatic N) is 7. The highest BCUT2D eigenvalue weighted by Crippen LogP contribution is 2.37. The molecule has 18 nitrogen and oxygen atoms in total. The van der Waals surface area contributed by atoms with Crippen LogP contribution in [0.2, 0.25) is 20.1 Å². The molecule has 4 aliphatic heterocycles. The molecule has 8 aromatic rings. The number of sulfonamides is 2. The van der Waals surface area contributed by atoms with Gasteiger partial charge in [0.15, 0.2) is 0 Å². The van der Waals surface area contributed by atoms with Crippen molar-refractivity contribution in [3.05, 3.63) is 112 Å². The Hall–Kier alpha value is -5.71. The van der Waals surface area contributed by atoms with Gasteiger partial charge >= 0.3 is 0 Å². The summed E-state index contributed by atoms with van der Waals surface area (Å²) in [5, 5.41) is 17.2. The summed E-state index contributed by atoms with van der Waals surface area (Å²) in [6.45, 7) is 14.1. The van der Waals surface area contributed by atoms with Gasteiger partial charge in [0.05, 0.1) is 24.2 Å². The highest BCUT2D eigenvalue weighted by molar-refractivity contribution is 7.88. The number of anilines is 4. The molecule has 0 aliphatic carbocycles. The predicted octanol–water partition coefficient (Wildman–Crippen LogP) is 10.1. The third-order valence-electron chi connectivity index (χ3n) is 15.3. The lowest BCUT2D eigenvalue weighted by Gasteiger charge is -2.40. The van der Waals surface area contributed by atoms with Gasteiger partial charge in [0, 0.05) is 196 Å². The molecule has 0 radical (unpaired) electrons. The van der Waals surface area contributed by atoms with Crippen molar-refractivity contribution in [2.24, 2.45) is 5.92 Å². The summed E-state index contributed by atoms with van der Waals surface area (Å²) in [5.41, 5.74) is 8.29. The first-order valence-electron chi connectivity index (χ1n) is 26.6. The lowest BCUT2D eigenvalue weighted by Crippen LogP contribution is -2.53. The second-order valence-electron chi connectivity index (χ2n) is 21.2. The number of aromatic nitrogens is 5. The number of piperazine rings is 2. The molecule has 4 aromatic heterocycles. The Kier molecular flexibility index (Phi) is 18.3. The fourth-order valence-corrected chi connectivity index (χ4v) is 14.1. The van der Waals surface area contributed by atoms with E-state index in [0.29, 0.717) is 54.3 Å². The molecule has 0 spiro atoms. The number of piperidine rings is 1. The van der Waals surface area contributed by atoms with Crippen LogP contribution in [0, 0.1) is 5.92 Å². The fourth-order valence-electron chi connectivity index (χ4n) is 11.4. The van der Waals surface area contributed by atoms with Gasteiger partial charge in [-0.1, -0.05) is 46.4 Å². The number of nitrogens with one attached hydrogen (secondary N) is 5. The Morgan fingerprint density at radius 3 is 1.44 bits per heavy atom. The standard InChI is InChI=1S/2C14H18ClN3O2S.2C14H16ClN3O/c2*1-10-9-17(21(2,19)20)5-6-18(10)14-8-11(15)7-13-12(14)3-4-16-13;1-9(19)17-11-3-5-18(8-11)14-7-10(15)6-13-12(14)2-4-16-13;1-9(19)10-3-2-4-18(8-10)14-6-11(15)5-13-12(14)7-16-17-13/h2*3-4,7-8,10,16H,5-6,9H2,1-2H3;2,4,6-7,11,16H,3,5,8H2,1H3,(H,17,19);5-7,10H,2-4,8H2,1H3,(H,16,17)/t2*10-;;/m10../s1. The summed E-state index contributed by atoms with van der Waals surface area (Å²) in [7, 11) is -6.26. The Balaban J connectivity index is 0.000000129. The molecule has 4 aromatic carbocycles. The van der Waals surface area contributed by atoms with Crippen LogP contribution >= 0.6 is 46.4 Å². The quantitative estimate of drug-likeness (QED) is 0.0967. The molecule has 5 N–H and O–H groups in total. The first-order chi connectivity index (χ1) is 38.0. The van der Waals surface area contributed by atoms with Gasteiger partial charge in [-0.25, -0.2) is 16.8 Å². The molecular formula is C56H68Cl4N12O6S2. The van der Waals surface area contributed by atoms with E-state index < -0.39 is 20.0 Å². The van der Waals surface area contributed by atoms with Gasteiger partial charge < -0.3 is 39.9 Å². The van der Waals surface area contributed by atoms with E-state index in [2.05, 4.69) is 56.1 Å². The first kappa shape index (κ1) is 58.9. The number of hydrogen-bond acceptors (Lipinski definition) is 11. The fraction of sp³-hybridized carbons (Fsp3) is 0.411. The van der Waals surface area contributed by atoms with Crippen LogP contribution in [0.15, 0.2) is 91.5 Å². The number of aromatic amines is 4. The van der Waals surface area contributed by atoms with Crippen molar-refractivity contribution in [1.29, 1.82) is 0 Å². The SMILES string of the molecule is CC(=O)C1CCCN(c2cc(Cl)cc3[nH]ncc23)C1.CC(=O)NC1CCN(c2cc(Cl)cc3[nH]ccc23)C1.C[C@@H]1CN(S(C)(=O)=O)CCN1c1cc(Cl)cc2[nH]ccc12.C[C@H]1CN(S(C)(=O)=O)CCN1c1cc(Cl)cc2[nH]ccc12. The molecular weight excluding hydrogens is 1140 g/mol. The predicted molar refractivity (Wildman–Crippen MR) is 328 cm³/mol. The van der Waals surface area contributed by atoms with Crippen LogP contribution in [0.5, 0.6) is 0 Å². The van der Waals surface area contributed by atoms with Crippen LogP contribution in [-0.2, 0) is 29.6 Å². The molecule has 8 heterocycles. The summed E-state index contributed by atoms with van der Waals surface area (Å²) >= 11 is 24.7. The number of Topliss-reactive ketones (excluding diaryl/α,β-unsaturated/α-hetero) is 1. The number of amides is 1. The molecule has 12 rings (SSSR count). The number of carbonyl (C=O) groups is 2. The highest BCUT2D eigenvalue weighted by Gasteiger charge is 2.32. The number of halogens is 4. The average molecular weight is 1210 g/mol. The molecule has 80 heavy (non-hydrogen) atoms. The molecule has 4 saturated heterocycles. The van der Waals surface area contributed by atoms with Gasteiger partial charge in [-0.3, -0.25) is 14.7 Å². The van der Waals surface area contributed by atoms with Crippen molar-refractivity contribution in [3.63, 3.8) is 0 Å². The number of carbonyl (C=O) groups excluding carboxylic acids is 2. The van der Waals surface area contributed by atoms with Gasteiger partial charge in [0.1, 0.15) is 5.78 Å². The lowest BCUT2D eigenvalue weighted by atomic mass is 9.94. The summed E-state index contributed by atoms with van der Waals surface area (Å²) in [4.78, 5) is 41.2. The van der Waals surface area contributed by atoms with Crippen LogP contribution in [-0.4, -0.2) is 158 Å². The van der Waals surface area contributed by atoms with Gasteiger partial charge in [0.2, 0.25) is 26.0 Å². The molecule has 4 fully saturated rings. The van der Waals surface area contributed by atoms with E-state index in [-0.39, 0.29) is 35.7 Å². The maximum atomic E-state index is 11.7. The Morgan fingerprint density at radius 2 is 0.988 bits per heavy atom. The zero-order valence-corrected chi connectivity index (χ0v) is 50.2. The van der Waals surface area contributed by atoms with Gasteiger partial charge in [-0.05, 0) is 107 Å². The minimum absolute atomic E-state index is 0.0322. The second-order valence-corrected chi connectivity index (χ2v) is 26.9. The third-order valence-corrected chi connectivity index (χ3v) is 18.8. The Bertz CT molecular complexity index is 3620. The number of hydrogen-bond donors (Lipinski definition) is 5. The molecule has 0 saturated carbocycles. The van der Waals surface area contributed by atoms with Crippen molar-refractivity contribution in [2.45, 2.75) is 65.1 Å². The maximum Gasteiger partial charge on any atom is 0.217 e. The van der Waals surface area contributed by atoms with Crippen molar-refractivity contribution in [2.75, 3.05) is 97.6 Å². The lowest BCUT2D eigenvalue weighted by molar-refractivity contribution is -0.121. The topological polar surface area (TPSA) is 210 Å². The minimum Gasteiger partial charge on any atom is -0.370 e. The van der Waals surface area contributed by atoms with E-state index in [4.69, 9.17) is 46.4 Å². The first-order valence-corrected chi connectivity index (χ1v) is 31.8. The van der Waals surface area contributed by atoms with Crippen molar-refractivity contribution in [1.82, 2.24) is 39.1 Å². The van der Waals surface area contributed by atoms with E-state index >= 15 is 0 Å². The molecule has 24 heteroatoms. The number of ketones is 1. The zero-order chi connectivity index (χ0) is 57.2. The summed E-state index contributed by atoms with van der Waals surface area (Å²) < 4.78 is 49.8. The van der Waals surface area contributed by atoms with E-state index in [9.17, 15) is 26.4 Å². The Labute approximate surface area is 487 Å². The smallest absolute Gasteiger partial charge is 0.217 e. The second kappa shape index (κ2) is 24.8. The minimum atomic E-state index is -3.13. The normalized spacial score (nSPS) is 20.3. The van der Waals surface area contributed by atoms with Crippen molar-refractivity contribution >= 4 is 145 Å². The number of benzene rings is 4. The van der Waals surface area contributed by atoms with Crippen LogP contribution in [0.25, 0.3) is 43.6 Å². The van der Waals surface area contributed by atoms with Crippen LogP contribution in [0.1, 0.15) is 47.0 Å². The molecule has 0 bridgehead atoms. The van der Waals surface area contributed by atoms with Crippen LogP contribution in [0.3, 0.4) is 0 Å². The molecule has 2 unspecified atom stereocenters. The van der Waals surface area contributed by atoms with E-state index in [1.165, 1.54) is 26.5 Å². The molecule has 4 atom stereocenters. The van der Waals surface area contributed by atoms with Crippen molar-refractivity contribution in [3.8, 4) is 0 Å². The van der Waals surface area contributed by atoms with Gasteiger partial charge in [-0.15, -0.1) is 0 Å². The summed E-state index contributed by atoms with van der Waals surface area (Å²) in [6, 6.07) is 22.0. The summed E-state index contributed by atoms with van der Waals surface area (Å²) in [6.07, 6.45) is 13.0. The number of H-pyrrole nitrogens is 4. The van der Waals surface area contributed by atoms with Crippen LogP contribution in [0.4, 0.5) is 22.7 Å². The van der Waals surface area contributed by atoms with Gasteiger partial charge in [-0.2, -0.15) is 13.7 Å². The number of fused-ring (bicyclic) bond motifs is 4. The van der Waals surface area contributed by atoms with Crippen LogP contribution < -0.4 is 24.9 Å². The largest absolute Gasteiger partial charge is 0.370 e. The molecule has 1 amide bonds.